The van der Waals surface area contributed by atoms with Gasteiger partial charge in [0.25, 0.3) is 0 Å². The van der Waals surface area contributed by atoms with Crippen LogP contribution in [0.5, 0.6) is 0 Å². The lowest BCUT2D eigenvalue weighted by atomic mass is 10.1. The Morgan fingerprint density at radius 1 is 1.32 bits per heavy atom. The molecule has 4 heteroatoms. The zero-order valence-electron chi connectivity index (χ0n) is 11.8. The van der Waals surface area contributed by atoms with Gasteiger partial charge in [0.05, 0.1) is 17.7 Å². The third-order valence-corrected chi connectivity index (χ3v) is 3.86. The van der Waals surface area contributed by atoms with E-state index in [1.54, 1.807) is 11.3 Å². The third-order valence-electron chi connectivity index (χ3n) is 3.23. The first-order chi connectivity index (χ1) is 9.20. The highest BCUT2D eigenvalue weighted by atomic mass is 32.1. The lowest BCUT2D eigenvalue weighted by Crippen LogP contribution is -2.19. The summed E-state index contributed by atoms with van der Waals surface area (Å²) in [5, 5.41) is 5.52. The Hall–Kier alpha value is -1.39. The van der Waals surface area contributed by atoms with Gasteiger partial charge >= 0.3 is 0 Å². The van der Waals surface area contributed by atoms with Crippen LogP contribution in [-0.2, 0) is 6.54 Å². The predicted molar refractivity (Wildman–Crippen MR) is 82.8 cm³/mol. The molecule has 0 amide bonds. The lowest BCUT2D eigenvalue weighted by molar-refractivity contribution is 0.598. The van der Waals surface area contributed by atoms with Gasteiger partial charge in [0.1, 0.15) is 0 Å². The Morgan fingerprint density at radius 2 is 2.05 bits per heavy atom. The van der Waals surface area contributed by atoms with E-state index in [4.69, 9.17) is 0 Å². The van der Waals surface area contributed by atoms with Crippen LogP contribution in [0.4, 0.5) is 5.69 Å². The standard InChI is InChI=1S/C15H21N3S/c1-4-16-12(2)13-5-7-15(8-6-13)18(3)9-14-10-19-11-17-14/h5-8,10-12,16H,4,9H2,1-3H3. The molecule has 0 aliphatic carbocycles. The SMILES string of the molecule is CCNC(C)c1ccc(N(C)Cc2cscn2)cc1. The van der Waals surface area contributed by atoms with Crippen molar-refractivity contribution in [3.8, 4) is 0 Å². The Labute approximate surface area is 119 Å². The molecule has 0 aliphatic heterocycles. The van der Waals surface area contributed by atoms with E-state index in [0.717, 1.165) is 18.8 Å². The second kappa shape index (κ2) is 6.68. The molecule has 2 aromatic rings. The second-order valence-electron chi connectivity index (χ2n) is 4.71. The van der Waals surface area contributed by atoms with Crippen molar-refractivity contribution in [2.75, 3.05) is 18.5 Å². The van der Waals surface area contributed by atoms with E-state index in [-0.39, 0.29) is 0 Å². The van der Waals surface area contributed by atoms with Crippen LogP contribution in [0.2, 0.25) is 0 Å². The Morgan fingerprint density at radius 3 is 2.63 bits per heavy atom. The quantitative estimate of drug-likeness (QED) is 0.875. The number of hydrogen-bond acceptors (Lipinski definition) is 4. The number of nitrogens with one attached hydrogen (secondary N) is 1. The summed E-state index contributed by atoms with van der Waals surface area (Å²) in [6, 6.07) is 9.15. The summed E-state index contributed by atoms with van der Waals surface area (Å²) in [6.45, 7) is 6.17. The molecule has 0 saturated carbocycles. The zero-order valence-corrected chi connectivity index (χ0v) is 12.6. The minimum atomic E-state index is 0.405. The second-order valence-corrected chi connectivity index (χ2v) is 5.43. The number of anilines is 1. The van der Waals surface area contributed by atoms with Gasteiger partial charge in [-0.2, -0.15) is 0 Å². The average Bonchev–Trinajstić information content (AvgIpc) is 2.92. The lowest BCUT2D eigenvalue weighted by Gasteiger charge is -2.19. The van der Waals surface area contributed by atoms with Gasteiger partial charge in [-0.05, 0) is 31.2 Å². The predicted octanol–water partition coefficient (Wildman–Crippen LogP) is 3.45. The maximum absolute atomic E-state index is 4.32. The maximum Gasteiger partial charge on any atom is 0.0795 e. The van der Waals surface area contributed by atoms with Gasteiger partial charge in [-0.3, -0.25) is 0 Å². The van der Waals surface area contributed by atoms with Crippen molar-refractivity contribution in [3.63, 3.8) is 0 Å². The van der Waals surface area contributed by atoms with E-state index >= 15 is 0 Å². The van der Waals surface area contributed by atoms with E-state index in [0.29, 0.717) is 6.04 Å². The van der Waals surface area contributed by atoms with Gasteiger partial charge in [0, 0.05) is 24.2 Å². The van der Waals surface area contributed by atoms with Crippen LogP contribution in [0.1, 0.15) is 31.1 Å². The summed E-state index contributed by atoms with van der Waals surface area (Å²) < 4.78 is 0. The maximum atomic E-state index is 4.32. The molecular weight excluding hydrogens is 254 g/mol. The molecule has 1 unspecified atom stereocenters. The highest BCUT2D eigenvalue weighted by molar-refractivity contribution is 7.07. The van der Waals surface area contributed by atoms with Gasteiger partial charge in [0.2, 0.25) is 0 Å². The molecule has 0 bridgehead atoms. The average molecular weight is 275 g/mol. The topological polar surface area (TPSA) is 28.2 Å². The van der Waals surface area contributed by atoms with Crippen LogP contribution in [0.15, 0.2) is 35.2 Å². The van der Waals surface area contributed by atoms with Crippen LogP contribution in [0.25, 0.3) is 0 Å². The fourth-order valence-electron chi connectivity index (χ4n) is 2.09. The molecular formula is C15H21N3S. The molecule has 0 spiro atoms. The van der Waals surface area contributed by atoms with E-state index in [1.807, 2.05) is 5.51 Å². The van der Waals surface area contributed by atoms with Crippen LogP contribution in [-0.4, -0.2) is 18.6 Å². The molecule has 1 atom stereocenters. The fourth-order valence-corrected chi connectivity index (χ4v) is 2.64. The van der Waals surface area contributed by atoms with Crippen molar-refractivity contribution in [1.82, 2.24) is 10.3 Å². The fraction of sp³-hybridized carbons (Fsp3) is 0.400. The van der Waals surface area contributed by atoms with E-state index < -0.39 is 0 Å². The molecule has 19 heavy (non-hydrogen) atoms. The van der Waals surface area contributed by atoms with Crippen molar-refractivity contribution in [2.24, 2.45) is 0 Å². The van der Waals surface area contributed by atoms with Crippen LogP contribution in [0.3, 0.4) is 0 Å². The van der Waals surface area contributed by atoms with Gasteiger partial charge in [-0.15, -0.1) is 11.3 Å². The molecule has 2 rings (SSSR count). The summed E-state index contributed by atoms with van der Waals surface area (Å²) in [7, 11) is 2.10. The first kappa shape index (κ1) is 14.0. The minimum absolute atomic E-state index is 0.405. The van der Waals surface area contributed by atoms with Gasteiger partial charge in [-0.1, -0.05) is 19.1 Å². The molecule has 102 valence electrons. The summed E-state index contributed by atoms with van der Waals surface area (Å²) in [5.41, 5.74) is 5.55. The molecule has 0 radical (unpaired) electrons. The van der Waals surface area contributed by atoms with E-state index in [9.17, 15) is 0 Å². The summed E-state index contributed by atoms with van der Waals surface area (Å²) in [6.07, 6.45) is 0. The molecule has 1 N–H and O–H groups in total. The molecule has 3 nitrogen and oxygen atoms in total. The third kappa shape index (κ3) is 3.78. The highest BCUT2D eigenvalue weighted by Gasteiger charge is 2.06. The van der Waals surface area contributed by atoms with Crippen LogP contribution in [0, 0.1) is 0 Å². The smallest absolute Gasteiger partial charge is 0.0795 e. The summed E-state index contributed by atoms with van der Waals surface area (Å²) in [4.78, 5) is 6.54. The Bertz CT molecular complexity index is 479. The number of nitrogens with zero attached hydrogens (tertiary/aromatic N) is 2. The van der Waals surface area contributed by atoms with Crippen LogP contribution >= 0.6 is 11.3 Å². The van der Waals surface area contributed by atoms with Crippen molar-refractivity contribution >= 4 is 17.0 Å². The Balaban J connectivity index is 2.01. The van der Waals surface area contributed by atoms with Gasteiger partial charge in [-0.25, -0.2) is 4.98 Å². The molecule has 1 aromatic heterocycles. The van der Waals surface area contributed by atoms with Crippen molar-refractivity contribution in [3.05, 3.63) is 46.4 Å². The zero-order chi connectivity index (χ0) is 13.7. The number of rotatable bonds is 6. The monoisotopic (exact) mass is 275 g/mol. The van der Waals surface area contributed by atoms with E-state index in [2.05, 4.69) is 65.7 Å². The number of aromatic nitrogens is 1. The minimum Gasteiger partial charge on any atom is -0.369 e. The largest absolute Gasteiger partial charge is 0.369 e. The summed E-state index contributed by atoms with van der Waals surface area (Å²) >= 11 is 1.64. The summed E-state index contributed by atoms with van der Waals surface area (Å²) in [5.74, 6) is 0. The van der Waals surface area contributed by atoms with Crippen LogP contribution < -0.4 is 10.2 Å². The first-order valence-electron chi connectivity index (χ1n) is 6.62. The Kier molecular flexibility index (Phi) is 4.93. The van der Waals surface area contributed by atoms with Crippen molar-refractivity contribution in [2.45, 2.75) is 26.4 Å². The van der Waals surface area contributed by atoms with E-state index in [1.165, 1.54) is 11.3 Å². The molecule has 1 heterocycles. The normalized spacial score (nSPS) is 12.4. The molecule has 0 saturated heterocycles. The van der Waals surface area contributed by atoms with Gasteiger partial charge < -0.3 is 10.2 Å². The van der Waals surface area contributed by atoms with Crippen molar-refractivity contribution < 1.29 is 0 Å². The number of benzene rings is 1. The molecule has 0 aliphatic rings. The number of hydrogen-bond donors (Lipinski definition) is 1. The number of thiazole rings is 1. The molecule has 0 fully saturated rings. The highest BCUT2D eigenvalue weighted by Crippen LogP contribution is 2.19. The molecule has 1 aromatic carbocycles. The van der Waals surface area contributed by atoms with Gasteiger partial charge in [0.15, 0.2) is 0 Å². The first-order valence-corrected chi connectivity index (χ1v) is 7.56. The van der Waals surface area contributed by atoms with Crippen molar-refractivity contribution in [1.29, 1.82) is 0 Å².